The predicted octanol–water partition coefficient (Wildman–Crippen LogP) is -0.434. The SMILES string of the molecule is O=C(CNC(=O)C1CCCN1)NCc1ccccn1. The number of carbonyl (C=O) groups is 2. The summed E-state index contributed by atoms with van der Waals surface area (Å²) >= 11 is 0. The molecule has 0 saturated carbocycles. The van der Waals surface area contributed by atoms with Gasteiger partial charge in [0.05, 0.1) is 24.8 Å². The quantitative estimate of drug-likeness (QED) is 0.672. The number of amides is 2. The van der Waals surface area contributed by atoms with Crippen molar-refractivity contribution in [3.63, 3.8) is 0 Å². The molecular formula is C13H18N4O2. The van der Waals surface area contributed by atoms with Gasteiger partial charge in [-0.1, -0.05) is 6.07 Å². The van der Waals surface area contributed by atoms with Gasteiger partial charge in [-0.2, -0.15) is 0 Å². The van der Waals surface area contributed by atoms with Crippen LogP contribution in [0.3, 0.4) is 0 Å². The molecule has 1 aliphatic heterocycles. The molecule has 1 saturated heterocycles. The summed E-state index contributed by atoms with van der Waals surface area (Å²) in [7, 11) is 0. The van der Waals surface area contributed by atoms with Gasteiger partial charge in [0.1, 0.15) is 0 Å². The second kappa shape index (κ2) is 6.84. The zero-order valence-electron chi connectivity index (χ0n) is 10.7. The summed E-state index contributed by atoms with van der Waals surface area (Å²) in [5, 5.41) is 8.42. The summed E-state index contributed by atoms with van der Waals surface area (Å²) in [6, 6.07) is 5.37. The van der Waals surface area contributed by atoms with Gasteiger partial charge >= 0.3 is 0 Å². The number of rotatable bonds is 5. The average Bonchev–Trinajstić information content (AvgIpc) is 2.98. The maximum Gasteiger partial charge on any atom is 0.239 e. The van der Waals surface area contributed by atoms with Crippen LogP contribution in [0.15, 0.2) is 24.4 Å². The predicted molar refractivity (Wildman–Crippen MR) is 70.1 cm³/mol. The highest BCUT2D eigenvalue weighted by Gasteiger charge is 2.21. The lowest BCUT2D eigenvalue weighted by atomic mass is 10.2. The molecule has 3 N–H and O–H groups in total. The second-order valence-electron chi connectivity index (χ2n) is 4.46. The molecule has 19 heavy (non-hydrogen) atoms. The molecular weight excluding hydrogens is 244 g/mol. The van der Waals surface area contributed by atoms with E-state index in [9.17, 15) is 9.59 Å². The monoisotopic (exact) mass is 262 g/mol. The first kappa shape index (κ1) is 13.5. The Balaban J connectivity index is 1.65. The zero-order valence-corrected chi connectivity index (χ0v) is 10.7. The molecule has 1 aromatic heterocycles. The van der Waals surface area contributed by atoms with Crippen LogP contribution in [0.4, 0.5) is 0 Å². The van der Waals surface area contributed by atoms with Gasteiger partial charge in [-0.05, 0) is 31.5 Å². The molecule has 102 valence electrons. The Morgan fingerprint density at radius 1 is 1.37 bits per heavy atom. The standard InChI is InChI=1S/C13H18N4O2/c18-12(16-8-10-4-1-2-6-14-10)9-17-13(19)11-5-3-7-15-11/h1-2,4,6,11,15H,3,5,7-9H2,(H,16,18)(H,17,19). The molecule has 0 aromatic carbocycles. The minimum Gasteiger partial charge on any atom is -0.349 e. The van der Waals surface area contributed by atoms with Crippen molar-refractivity contribution < 1.29 is 9.59 Å². The van der Waals surface area contributed by atoms with E-state index < -0.39 is 0 Å². The minimum absolute atomic E-state index is 0.00382. The third kappa shape index (κ3) is 4.33. The molecule has 2 heterocycles. The fourth-order valence-electron chi connectivity index (χ4n) is 1.95. The summed E-state index contributed by atoms with van der Waals surface area (Å²) in [6.45, 7) is 1.24. The van der Waals surface area contributed by atoms with E-state index in [2.05, 4.69) is 20.9 Å². The van der Waals surface area contributed by atoms with Crippen LogP contribution in [-0.2, 0) is 16.1 Å². The Morgan fingerprint density at radius 2 is 2.26 bits per heavy atom. The highest BCUT2D eigenvalue weighted by molar-refractivity contribution is 5.87. The van der Waals surface area contributed by atoms with Crippen LogP contribution in [0.5, 0.6) is 0 Å². The van der Waals surface area contributed by atoms with E-state index in [-0.39, 0.29) is 24.4 Å². The van der Waals surface area contributed by atoms with Crippen LogP contribution < -0.4 is 16.0 Å². The molecule has 0 aliphatic carbocycles. The van der Waals surface area contributed by atoms with Crippen molar-refractivity contribution >= 4 is 11.8 Å². The minimum atomic E-state index is -0.211. The summed E-state index contributed by atoms with van der Waals surface area (Å²) in [4.78, 5) is 27.3. The van der Waals surface area contributed by atoms with Crippen molar-refractivity contribution in [3.05, 3.63) is 30.1 Å². The average molecular weight is 262 g/mol. The number of carbonyl (C=O) groups excluding carboxylic acids is 2. The van der Waals surface area contributed by atoms with Gasteiger partial charge in [0.15, 0.2) is 0 Å². The van der Waals surface area contributed by atoms with E-state index >= 15 is 0 Å². The van der Waals surface area contributed by atoms with Gasteiger partial charge in [-0.15, -0.1) is 0 Å². The molecule has 0 radical (unpaired) electrons. The van der Waals surface area contributed by atoms with Gasteiger partial charge in [0.2, 0.25) is 11.8 Å². The molecule has 0 spiro atoms. The maximum absolute atomic E-state index is 11.7. The molecule has 2 rings (SSSR count). The fraction of sp³-hybridized carbons (Fsp3) is 0.462. The van der Waals surface area contributed by atoms with Crippen LogP contribution in [0.2, 0.25) is 0 Å². The van der Waals surface area contributed by atoms with Gasteiger partial charge in [0.25, 0.3) is 0 Å². The Bertz CT molecular complexity index is 430. The molecule has 6 heteroatoms. The van der Waals surface area contributed by atoms with Crippen molar-refractivity contribution in [2.75, 3.05) is 13.1 Å². The van der Waals surface area contributed by atoms with Crippen molar-refractivity contribution in [2.45, 2.75) is 25.4 Å². The van der Waals surface area contributed by atoms with Crippen LogP contribution in [0.1, 0.15) is 18.5 Å². The lowest BCUT2D eigenvalue weighted by molar-refractivity contribution is -0.127. The van der Waals surface area contributed by atoms with Crippen LogP contribution in [-0.4, -0.2) is 35.9 Å². The molecule has 1 aliphatic rings. The van der Waals surface area contributed by atoms with E-state index in [1.54, 1.807) is 6.20 Å². The van der Waals surface area contributed by atoms with Gasteiger partial charge in [-0.25, -0.2) is 0 Å². The number of nitrogens with one attached hydrogen (secondary N) is 3. The number of hydrogen-bond acceptors (Lipinski definition) is 4. The van der Waals surface area contributed by atoms with Crippen molar-refractivity contribution in [2.24, 2.45) is 0 Å². The Kier molecular flexibility index (Phi) is 4.85. The zero-order chi connectivity index (χ0) is 13.5. The normalized spacial score (nSPS) is 18.0. The molecule has 6 nitrogen and oxygen atoms in total. The topological polar surface area (TPSA) is 83.1 Å². The maximum atomic E-state index is 11.7. The van der Waals surface area contributed by atoms with Crippen LogP contribution >= 0.6 is 0 Å². The van der Waals surface area contributed by atoms with E-state index in [4.69, 9.17) is 0 Å². The third-order valence-electron chi connectivity index (χ3n) is 2.99. The number of pyridine rings is 1. The summed E-state index contributed by atoms with van der Waals surface area (Å²) < 4.78 is 0. The Labute approximate surface area is 112 Å². The molecule has 1 unspecified atom stereocenters. The van der Waals surface area contributed by atoms with Crippen molar-refractivity contribution in [3.8, 4) is 0 Å². The van der Waals surface area contributed by atoms with E-state index in [0.29, 0.717) is 6.54 Å². The second-order valence-corrected chi connectivity index (χ2v) is 4.46. The van der Waals surface area contributed by atoms with Crippen LogP contribution in [0.25, 0.3) is 0 Å². The van der Waals surface area contributed by atoms with Crippen LogP contribution in [0, 0.1) is 0 Å². The summed E-state index contributed by atoms with van der Waals surface area (Å²) in [5.41, 5.74) is 0.791. The van der Waals surface area contributed by atoms with E-state index in [0.717, 1.165) is 25.1 Å². The lowest BCUT2D eigenvalue weighted by Gasteiger charge is -2.11. The molecule has 0 bridgehead atoms. The first-order valence-electron chi connectivity index (χ1n) is 6.43. The molecule has 1 aromatic rings. The molecule has 2 amide bonds. The largest absolute Gasteiger partial charge is 0.349 e. The first-order chi connectivity index (χ1) is 9.25. The lowest BCUT2D eigenvalue weighted by Crippen LogP contribution is -2.44. The summed E-state index contributed by atoms with van der Waals surface area (Å²) in [5.74, 6) is -0.317. The fourth-order valence-corrected chi connectivity index (χ4v) is 1.95. The Hall–Kier alpha value is -1.95. The Morgan fingerprint density at radius 3 is 2.95 bits per heavy atom. The number of nitrogens with zero attached hydrogens (tertiary/aromatic N) is 1. The first-order valence-corrected chi connectivity index (χ1v) is 6.43. The van der Waals surface area contributed by atoms with E-state index in [1.165, 1.54) is 0 Å². The van der Waals surface area contributed by atoms with Gasteiger partial charge < -0.3 is 16.0 Å². The molecule has 1 atom stereocenters. The highest BCUT2D eigenvalue weighted by atomic mass is 16.2. The van der Waals surface area contributed by atoms with Gasteiger partial charge in [0, 0.05) is 6.20 Å². The van der Waals surface area contributed by atoms with Crippen molar-refractivity contribution in [1.29, 1.82) is 0 Å². The highest BCUT2D eigenvalue weighted by Crippen LogP contribution is 2.03. The molecule has 1 fully saturated rings. The smallest absolute Gasteiger partial charge is 0.239 e. The third-order valence-corrected chi connectivity index (χ3v) is 2.99. The number of aromatic nitrogens is 1. The van der Waals surface area contributed by atoms with Crippen molar-refractivity contribution in [1.82, 2.24) is 20.9 Å². The summed E-state index contributed by atoms with van der Waals surface area (Å²) in [6.07, 6.45) is 3.51. The number of hydrogen-bond donors (Lipinski definition) is 3. The van der Waals surface area contributed by atoms with Gasteiger partial charge in [-0.3, -0.25) is 14.6 Å². The van der Waals surface area contributed by atoms with E-state index in [1.807, 2.05) is 18.2 Å².